The van der Waals surface area contributed by atoms with Gasteiger partial charge in [0.1, 0.15) is 11.7 Å². The van der Waals surface area contributed by atoms with E-state index in [1.807, 2.05) is 42.5 Å². The standard InChI is InChI=1S/C27H27NO4S/c1-16-10-15-21(33-16)17-11-13-18(14-12-17)28-23(19-8-6-7-9-20(19)32-5)22(24(29)26(28)31)25(30)27(2,3)4/h6-15,22-23H,1-5H3. The van der Waals surface area contributed by atoms with E-state index in [2.05, 4.69) is 19.1 Å². The van der Waals surface area contributed by atoms with Crippen molar-refractivity contribution in [2.75, 3.05) is 12.0 Å². The molecule has 0 aliphatic carbocycles. The van der Waals surface area contributed by atoms with Gasteiger partial charge < -0.3 is 4.74 Å². The molecule has 0 spiro atoms. The molecule has 1 aromatic heterocycles. The monoisotopic (exact) mass is 461 g/mol. The van der Waals surface area contributed by atoms with Crippen LogP contribution in [0.4, 0.5) is 5.69 Å². The summed E-state index contributed by atoms with van der Waals surface area (Å²) in [5, 5.41) is 0. The highest BCUT2D eigenvalue weighted by Gasteiger charge is 2.54. The van der Waals surface area contributed by atoms with Crippen molar-refractivity contribution >= 4 is 34.5 Å². The van der Waals surface area contributed by atoms with E-state index in [0.29, 0.717) is 17.0 Å². The normalized spacial score (nSPS) is 18.6. The van der Waals surface area contributed by atoms with Gasteiger partial charge in [0.25, 0.3) is 5.91 Å². The van der Waals surface area contributed by atoms with E-state index in [0.717, 1.165) is 10.4 Å². The second kappa shape index (κ2) is 8.60. The highest BCUT2D eigenvalue weighted by atomic mass is 32.1. The number of amides is 1. The molecular weight excluding hydrogens is 434 g/mol. The molecule has 170 valence electrons. The number of carbonyl (C=O) groups excluding carboxylic acids is 3. The zero-order chi connectivity index (χ0) is 23.9. The molecule has 0 N–H and O–H groups in total. The second-order valence-electron chi connectivity index (χ2n) is 9.28. The van der Waals surface area contributed by atoms with Crippen LogP contribution in [0.15, 0.2) is 60.7 Å². The Hall–Kier alpha value is -3.25. The Morgan fingerprint density at radius 3 is 2.21 bits per heavy atom. The van der Waals surface area contributed by atoms with Gasteiger partial charge in [0.15, 0.2) is 5.78 Å². The van der Waals surface area contributed by atoms with Crippen molar-refractivity contribution in [1.82, 2.24) is 0 Å². The zero-order valence-electron chi connectivity index (χ0n) is 19.4. The Balaban J connectivity index is 1.83. The third-order valence-corrected chi connectivity index (χ3v) is 7.01. The highest BCUT2D eigenvalue weighted by Crippen LogP contribution is 2.45. The van der Waals surface area contributed by atoms with Crippen LogP contribution in [0.3, 0.4) is 0 Å². The van der Waals surface area contributed by atoms with E-state index >= 15 is 0 Å². The van der Waals surface area contributed by atoms with Crippen molar-refractivity contribution in [3.63, 3.8) is 0 Å². The minimum absolute atomic E-state index is 0.259. The first-order valence-corrected chi connectivity index (χ1v) is 11.7. The fourth-order valence-electron chi connectivity index (χ4n) is 4.28. The van der Waals surface area contributed by atoms with E-state index in [1.54, 1.807) is 45.3 Å². The second-order valence-corrected chi connectivity index (χ2v) is 10.6. The molecule has 1 saturated heterocycles. The number of aryl methyl sites for hydroxylation is 1. The number of benzene rings is 2. The smallest absolute Gasteiger partial charge is 0.295 e. The van der Waals surface area contributed by atoms with Gasteiger partial charge in [-0.05, 0) is 42.8 Å². The van der Waals surface area contributed by atoms with Crippen molar-refractivity contribution in [2.45, 2.75) is 33.7 Å². The largest absolute Gasteiger partial charge is 0.496 e. The molecule has 33 heavy (non-hydrogen) atoms. The van der Waals surface area contributed by atoms with Gasteiger partial charge >= 0.3 is 0 Å². The maximum atomic E-state index is 13.4. The maximum Gasteiger partial charge on any atom is 0.295 e. The van der Waals surface area contributed by atoms with Gasteiger partial charge in [0.2, 0.25) is 5.78 Å². The number of methoxy groups -OCH3 is 1. The summed E-state index contributed by atoms with van der Waals surface area (Å²) < 4.78 is 5.55. The van der Waals surface area contributed by atoms with Gasteiger partial charge in [-0.1, -0.05) is 51.1 Å². The van der Waals surface area contributed by atoms with Crippen LogP contribution < -0.4 is 9.64 Å². The minimum Gasteiger partial charge on any atom is -0.496 e. The van der Waals surface area contributed by atoms with Crippen LogP contribution in [0.2, 0.25) is 0 Å². The van der Waals surface area contributed by atoms with Gasteiger partial charge in [0, 0.05) is 26.4 Å². The molecule has 2 heterocycles. The summed E-state index contributed by atoms with van der Waals surface area (Å²) >= 11 is 1.69. The van der Waals surface area contributed by atoms with Gasteiger partial charge in [-0.15, -0.1) is 11.3 Å². The van der Waals surface area contributed by atoms with Crippen LogP contribution in [0.1, 0.15) is 37.3 Å². The molecule has 1 amide bonds. The number of hydrogen-bond acceptors (Lipinski definition) is 5. The average molecular weight is 462 g/mol. The molecule has 2 atom stereocenters. The van der Waals surface area contributed by atoms with Crippen LogP contribution >= 0.6 is 11.3 Å². The molecule has 1 aliphatic heterocycles. The Morgan fingerprint density at radius 2 is 1.64 bits per heavy atom. The Labute approximate surface area is 198 Å². The Kier molecular flexibility index (Phi) is 5.97. The van der Waals surface area contributed by atoms with Gasteiger partial charge in [-0.3, -0.25) is 19.3 Å². The van der Waals surface area contributed by atoms with Crippen LogP contribution in [-0.2, 0) is 14.4 Å². The first-order chi connectivity index (χ1) is 15.6. The summed E-state index contributed by atoms with van der Waals surface area (Å²) in [5.74, 6) is -2.18. The van der Waals surface area contributed by atoms with Crippen molar-refractivity contribution in [3.05, 3.63) is 71.1 Å². The van der Waals surface area contributed by atoms with Gasteiger partial charge in [-0.2, -0.15) is 0 Å². The number of Topliss-reactive ketones (excluding diaryl/α,β-unsaturated/α-hetero) is 2. The minimum atomic E-state index is -1.10. The first-order valence-electron chi connectivity index (χ1n) is 10.8. The molecule has 2 unspecified atom stereocenters. The molecule has 0 bridgehead atoms. The summed E-state index contributed by atoms with van der Waals surface area (Å²) in [5.41, 5.74) is 1.47. The summed E-state index contributed by atoms with van der Waals surface area (Å²) in [6, 6.07) is 18.1. The topological polar surface area (TPSA) is 63.7 Å². The predicted molar refractivity (Wildman–Crippen MR) is 131 cm³/mol. The van der Waals surface area contributed by atoms with Crippen molar-refractivity contribution in [1.29, 1.82) is 0 Å². The van der Waals surface area contributed by atoms with E-state index < -0.39 is 29.1 Å². The van der Waals surface area contributed by atoms with E-state index in [4.69, 9.17) is 4.74 Å². The molecule has 4 rings (SSSR count). The van der Waals surface area contributed by atoms with E-state index in [9.17, 15) is 14.4 Å². The molecule has 0 saturated carbocycles. The molecule has 0 radical (unpaired) electrons. The first kappa shape index (κ1) is 22.9. The fraction of sp³-hybridized carbons (Fsp3) is 0.296. The fourth-order valence-corrected chi connectivity index (χ4v) is 5.16. The molecule has 1 fully saturated rings. The Morgan fingerprint density at radius 1 is 0.970 bits per heavy atom. The highest BCUT2D eigenvalue weighted by molar-refractivity contribution is 7.15. The van der Waals surface area contributed by atoms with Gasteiger partial charge in [0.05, 0.1) is 13.2 Å². The molecule has 5 nitrogen and oxygen atoms in total. The lowest BCUT2D eigenvalue weighted by molar-refractivity contribution is -0.141. The SMILES string of the molecule is COc1ccccc1C1C(C(=O)C(C)(C)C)C(=O)C(=O)N1c1ccc(-c2ccc(C)s2)cc1. The maximum absolute atomic E-state index is 13.4. The number of ether oxygens (including phenoxy) is 1. The van der Waals surface area contributed by atoms with Crippen LogP contribution in [0.25, 0.3) is 10.4 Å². The lowest BCUT2D eigenvalue weighted by atomic mass is 9.77. The van der Waals surface area contributed by atoms with Crippen molar-refractivity contribution in [2.24, 2.45) is 11.3 Å². The molecule has 1 aliphatic rings. The predicted octanol–water partition coefficient (Wildman–Crippen LogP) is 5.62. The molecule has 3 aromatic rings. The lowest BCUT2D eigenvalue weighted by Gasteiger charge is -2.30. The van der Waals surface area contributed by atoms with Crippen molar-refractivity contribution < 1.29 is 19.1 Å². The van der Waals surface area contributed by atoms with Crippen molar-refractivity contribution in [3.8, 4) is 16.2 Å². The Bertz CT molecular complexity index is 1220. The number of anilines is 1. The number of ketones is 2. The number of para-hydroxylation sites is 1. The molecular formula is C27H27NO4S. The van der Waals surface area contributed by atoms with E-state index in [1.165, 1.54) is 9.78 Å². The average Bonchev–Trinajstić information content (AvgIpc) is 3.34. The lowest BCUT2D eigenvalue weighted by Crippen LogP contribution is -2.36. The molecule has 6 heteroatoms. The molecule has 2 aromatic carbocycles. The zero-order valence-corrected chi connectivity index (χ0v) is 20.2. The number of rotatable bonds is 5. The number of carbonyl (C=O) groups is 3. The van der Waals surface area contributed by atoms with Crippen LogP contribution in [-0.4, -0.2) is 24.6 Å². The van der Waals surface area contributed by atoms with Crippen LogP contribution in [0.5, 0.6) is 5.75 Å². The third kappa shape index (κ3) is 4.11. The summed E-state index contributed by atoms with van der Waals surface area (Å²) in [6.45, 7) is 7.37. The third-order valence-electron chi connectivity index (χ3n) is 5.96. The van der Waals surface area contributed by atoms with Crippen LogP contribution in [0, 0.1) is 18.3 Å². The number of hydrogen-bond donors (Lipinski definition) is 0. The number of nitrogens with zero attached hydrogens (tertiary/aromatic N) is 1. The summed E-state index contributed by atoms with van der Waals surface area (Å²) in [7, 11) is 1.54. The number of thiophene rings is 1. The summed E-state index contributed by atoms with van der Waals surface area (Å²) in [6.07, 6.45) is 0. The summed E-state index contributed by atoms with van der Waals surface area (Å²) in [4.78, 5) is 43.7. The quantitative estimate of drug-likeness (QED) is 0.365. The van der Waals surface area contributed by atoms with E-state index in [-0.39, 0.29) is 5.78 Å². The van der Waals surface area contributed by atoms with Gasteiger partial charge in [-0.25, -0.2) is 0 Å².